The average Bonchev–Trinajstić information content (AvgIpc) is 3.35. The van der Waals surface area contributed by atoms with Crippen LogP contribution in [0.25, 0.3) is 0 Å². The highest BCUT2D eigenvalue weighted by Gasteiger charge is 2.30. The minimum atomic E-state index is -0.238. The zero-order chi connectivity index (χ0) is 27.9. The number of rotatable bonds is 9. The molecule has 0 radical (unpaired) electrons. The molecule has 0 saturated heterocycles. The zero-order valence-electron chi connectivity index (χ0n) is 23.6. The second-order valence-electron chi connectivity index (χ2n) is 11.0. The number of aryl methyl sites for hydroxylation is 2. The van der Waals surface area contributed by atoms with Crippen molar-refractivity contribution < 1.29 is 9.59 Å². The summed E-state index contributed by atoms with van der Waals surface area (Å²) in [5.41, 5.74) is 5.14. The maximum Gasteiger partial charge on any atom is 0.322 e. The fraction of sp³-hybridized carbons (Fsp3) is 0.438. The highest BCUT2D eigenvalue weighted by Crippen LogP contribution is 2.26. The lowest BCUT2D eigenvalue weighted by Gasteiger charge is -2.37. The van der Waals surface area contributed by atoms with E-state index >= 15 is 0 Å². The number of aromatic nitrogens is 1. The van der Waals surface area contributed by atoms with E-state index < -0.39 is 0 Å². The van der Waals surface area contributed by atoms with Crippen LogP contribution in [-0.2, 0) is 17.9 Å². The second-order valence-corrected chi connectivity index (χ2v) is 11.9. The van der Waals surface area contributed by atoms with Crippen molar-refractivity contribution in [3.8, 4) is 0 Å². The molecule has 208 valence electrons. The molecule has 1 fully saturated rings. The monoisotopic (exact) mass is 592 g/mol. The highest BCUT2D eigenvalue weighted by atomic mass is 79.9. The first kappa shape index (κ1) is 28.9. The van der Waals surface area contributed by atoms with Crippen LogP contribution >= 0.6 is 15.9 Å². The van der Waals surface area contributed by atoms with Crippen molar-refractivity contribution in [3.05, 3.63) is 87.7 Å². The molecule has 1 saturated carbocycles. The first-order valence-corrected chi connectivity index (χ1v) is 14.8. The number of nitrogens with one attached hydrogen (secondary N) is 1. The number of benzene rings is 2. The van der Waals surface area contributed by atoms with Gasteiger partial charge < -0.3 is 19.7 Å². The molecular formula is C32H41BrN4O2. The van der Waals surface area contributed by atoms with Crippen molar-refractivity contribution in [1.82, 2.24) is 14.4 Å². The molecule has 1 N–H and O–H groups in total. The number of hydrogen-bond donors (Lipinski definition) is 1. The van der Waals surface area contributed by atoms with Crippen LogP contribution < -0.4 is 5.32 Å². The van der Waals surface area contributed by atoms with Gasteiger partial charge in [0.05, 0.1) is 6.54 Å². The van der Waals surface area contributed by atoms with Gasteiger partial charge in [-0.1, -0.05) is 65.5 Å². The molecule has 6 nitrogen and oxygen atoms in total. The summed E-state index contributed by atoms with van der Waals surface area (Å²) in [6.45, 7) is 9.25. The Kier molecular flexibility index (Phi) is 9.89. The van der Waals surface area contributed by atoms with E-state index in [-0.39, 0.29) is 30.6 Å². The summed E-state index contributed by atoms with van der Waals surface area (Å²) in [6.07, 6.45) is 7.59. The molecule has 1 aliphatic rings. The Bertz CT molecular complexity index is 1240. The number of carbonyl (C=O) groups is 2. The molecule has 7 heteroatoms. The molecule has 39 heavy (non-hydrogen) atoms. The summed E-state index contributed by atoms with van der Waals surface area (Å²) < 4.78 is 3.28. The Hall–Kier alpha value is -3.06. The topological polar surface area (TPSA) is 57.6 Å². The van der Waals surface area contributed by atoms with Gasteiger partial charge in [-0.05, 0) is 81.5 Å². The van der Waals surface area contributed by atoms with Crippen molar-refractivity contribution in [2.24, 2.45) is 0 Å². The number of para-hydroxylation sites is 1. The van der Waals surface area contributed by atoms with E-state index in [1.54, 1.807) is 4.90 Å². The highest BCUT2D eigenvalue weighted by molar-refractivity contribution is 9.10. The molecule has 3 aromatic rings. The fourth-order valence-corrected chi connectivity index (χ4v) is 5.70. The standard InChI is InChI=1S/C32H41BrN4O2/c1-23(2)36(32(39)34-31-24(3)10-8-11-25(31)4)22-30(38)37(28-12-6-5-7-13-28)21-29-14-9-19-35(29)20-26-15-17-27(33)18-16-26/h8-11,14-19,23,28H,5-7,12-13,20-22H2,1-4H3,(H,34,39). The Morgan fingerprint density at radius 2 is 1.64 bits per heavy atom. The first-order valence-electron chi connectivity index (χ1n) is 14.0. The number of nitrogens with zero attached hydrogens (tertiary/aromatic N) is 3. The molecule has 0 unspecified atom stereocenters. The third-order valence-corrected chi connectivity index (χ3v) is 8.29. The molecule has 3 amide bonds. The Morgan fingerprint density at radius 1 is 0.974 bits per heavy atom. The van der Waals surface area contributed by atoms with E-state index in [0.717, 1.165) is 59.2 Å². The Morgan fingerprint density at radius 3 is 2.28 bits per heavy atom. The minimum Gasteiger partial charge on any atom is -0.345 e. The van der Waals surface area contributed by atoms with E-state index in [2.05, 4.69) is 68.4 Å². The van der Waals surface area contributed by atoms with Crippen LogP contribution in [0, 0.1) is 13.8 Å². The Balaban J connectivity index is 1.53. The fourth-order valence-electron chi connectivity index (χ4n) is 5.44. The van der Waals surface area contributed by atoms with E-state index in [1.807, 2.05) is 50.8 Å². The molecule has 0 atom stereocenters. The van der Waals surface area contributed by atoms with Crippen molar-refractivity contribution in [2.45, 2.75) is 85.0 Å². The van der Waals surface area contributed by atoms with Gasteiger partial charge in [0.2, 0.25) is 5.91 Å². The van der Waals surface area contributed by atoms with Crippen LogP contribution in [0.15, 0.2) is 65.3 Å². The van der Waals surface area contributed by atoms with Gasteiger partial charge in [-0.25, -0.2) is 4.79 Å². The van der Waals surface area contributed by atoms with Crippen molar-refractivity contribution in [3.63, 3.8) is 0 Å². The molecular weight excluding hydrogens is 552 g/mol. The SMILES string of the molecule is Cc1cccc(C)c1NC(=O)N(CC(=O)N(Cc1cccn1Cc1ccc(Br)cc1)C1CCCCC1)C(C)C. The maximum absolute atomic E-state index is 14.0. The molecule has 0 spiro atoms. The van der Waals surface area contributed by atoms with Gasteiger partial charge in [0.25, 0.3) is 0 Å². The molecule has 0 aliphatic heterocycles. The summed E-state index contributed by atoms with van der Waals surface area (Å²) in [4.78, 5) is 31.1. The lowest BCUT2D eigenvalue weighted by atomic mass is 9.94. The van der Waals surface area contributed by atoms with Crippen LogP contribution in [0.5, 0.6) is 0 Å². The summed E-state index contributed by atoms with van der Waals surface area (Å²) in [5, 5.41) is 3.08. The van der Waals surface area contributed by atoms with Gasteiger partial charge >= 0.3 is 6.03 Å². The quantitative estimate of drug-likeness (QED) is 0.279. The zero-order valence-corrected chi connectivity index (χ0v) is 25.2. The maximum atomic E-state index is 14.0. The van der Waals surface area contributed by atoms with Crippen LogP contribution in [0.4, 0.5) is 10.5 Å². The molecule has 1 heterocycles. The van der Waals surface area contributed by atoms with E-state index in [0.29, 0.717) is 6.54 Å². The van der Waals surface area contributed by atoms with Gasteiger partial charge in [0.1, 0.15) is 6.54 Å². The number of carbonyl (C=O) groups excluding carboxylic acids is 2. The van der Waals surface area contributed by atoms with Gasteiger partial charge in [0, 0.05) is 40.7 Å². The number of hydrogen-bond acceptors (Lipinski definition) is 2. The lowest BCUT2D eigenvalue weighted by Crippen LogP contribution is -2.50. The molecule has 1 aromatic heterocycles. The third kappa shape index (κ3) is 7.53. The third-order valence-electron chi connectivity index (χ3n) is 7.76. The average molecular weight is 594 g/mol. The Labute approximate surface area is 241 Å². The smallest absolute Gasteiger partial charge is 0.322 e. The molecule has 2 aromatic carbocycles. The lowest BCUT2D eigenvalue weighted by molar-refractivity contribution is -0.136. The largest absolute Gasteiger partial charge is 0.345 e. The summed E-state index contributed by atoms with van der Waals surface area (Å²) in [5.74, 6) is 0.00338. The van der Waals surface area contributed by atoms with Crippen LogP contribution in [0.2, 0.25) is 0 Å². The first-order chi connectivity index (χ1) is 18.7. The van der Waals surface area contributed by atoms with E-state index in [1.165, 1.54) is 12.0 Å². The number of amides is 3. The van der Waals surface area contributed by atoms with E-state index in [9.17, 15) is 9.59 Å². The van der Waals surface area contributed by atoms with Crippen LogP contribution in [0.3, 0.4) is 0 Å². The predicted octanol–water partition coefficient (Wildman–Crippen LogP) is 7.52. The van der Waals surface area contributed by atoms with Gasteiger partial charge in [0.15, 0.2) is 0 Å². The van der Waals surface area contributed by atoms with Gasteiger partial charge in [-0.2, -0.15) is 0 Å². The van der Waals surface area contributed by atoms with Gasteiger partial charge in [-0.15, -0.1) is 0 Å². The summed E-state index contributed by atoms with van der Waals surface area (Å²) in [7, 11) is 0. The van der Waals surface area contributed by atoms with Crippen LogP contribution in [0.1, 0.15) is 68.3 Å². The normalized spacial score (nSPS) is 13.9. The van der Waals surface area contributed by atoms with Crippen molar-refractivity contribution in [2.75, 3.05) is 11.9 Å². The summed E-state index contributed by atoms with van der Waals surface area (Å²) >= 11 is 3.51. The number of urea groups is 1. The predicted molar refractivity (Wildman–Crippen MR) is 162 cm³/mol. The van der Waals surface area contributed by atoms with Gasteiger partial charge in [-0.3, -0.25) is 4.79 Å². The van der Waals surface area contributed by atoms with Crippen LogP contribution in [-0.4, -0.2) is 44.9 Å². The van der Waals surface area contributed by atoms with Crippen molar-refractivity contribution in [1.29, 1.82) is 0 Å². The molecule has 1 aliphatic carbocycles. The second kappa shape index (κ2) is 13.3. The van der Waals surface area contributed by atoms with E-state index in [4.69, 9.17) is 0 Å². The number of anilines is 1. The van der Waals surface area contributed by atoms with Crippen molar-refractivity contribution >= 4 is 33.6 Å². The molecule has 0 bridgehead atoms. The molecule has 4 rings (SSSR count). The summed E-state index contributed by atoms with van der Waals surface area (Å²) in [6, 6.07) is 18.3. The minimum absolute atomic E-state index is 0.00338. The number of halogens is 1.